The van der Waals surface area contributed by atoms with E-state index in [1.807, 2.05) is 6.92 Å². The highest BCUT2D eigenvalue weighted by atomic mass is 32.2. The zero-order chi connectivity index (χ0) is 18.8. The Hall–Kier alpha value is -1.87. The molecule has 1 atom stereocenters. The van der Waals surface area contributed by atoms with Crippen molar-refractivity contribution < 1.29 is 9.59 Å². The van der Waals surface area contributed by atoms with Crippen LogP contribution in [-0.2, 0) is 24.2 Å². The Morgan fingerprint density at radius 2 is 2.19 bits per heavy atom. The highest BCUT2D eigenvalue weighted by Crippen LogP contribution is 2.36. The highest BCUT2D eigenvalue weighted by molar-refractivity contribution is 7.99. The molecular formula is C17H22N4O3S2. The molecule has 0 bridgehead atoms. The van der Waals surface area contributed by atoms with E-state index in [0.717, 1.165) is 35.0 Å². The Balaban J connectivity index is 1.92. The topological polar surface area (TPSA) is 93.1 Å². The van der Waals surface area contributed by atoms with Crippen molar-refractivity contribution >= 4 is 45.3 Å². The van der Waals surface area contributed by atoms with E-state index in [-0.39, 0.29) is 11.3 Å². The van der Waals surface area contributed by atoms with Gasteiger partial charge in [0.1, 0.15) is 4.83 Å². The van der Waals surface area contributed by atoms with Crippen LogP contribution in [-0.4, -0.2) is 34.3 Å². The van der Waals surface area contributed by atoms with E-state index in [9.17, 15) is 14.4 Å². The Morgan fingerprint density at radius 3 is 2.88 bits per heavy atom. The lowest BCUT2D eigenvalue weighted by molar-refractivity contribution is -0.117. The number of thiophene rings is 1. The molecule has 0 saturated heterocycles. The van der Waals surface area contributed by atoms with Crippen LogP contribution in [0.1, 0.15) is 30.7 Å². The standard InChI is InChI=1S/C17H22N4O3S2/c1-4-21-15(23)13-10-6-5-9(2)7-11(10)26-14(13)20-17(21)25-8-12(22)19-16(24)18-3/h9H,4-8H2,1-3H3,(H2,18,19,22,24)/t9-/m1/s1. The predicted molar refractivity (Wildman–Crippen MR) is 104 cm³/mol. The van der Waals surface area contributed by atoms with E-state index in [1.54, 1.807) is 15.9 Å². The summed E-state index contributed by atoms with van der Waals surface area (Å²) in [5.41, 5.74) is 1.13. The van der Waals surface area contributed by atoms with E-state index >= 15 is 0 Å². The molecule has 3 rings (SSSR count). The van der Waals surface area contributed by atoms with Gasteiger partial charge in [-0.05, 0) is 37.7 Å². The maximum Gasteiger partial charge on any atom is 0.321 e. The van der Waals surface area contributed by atoms with Crippen LogP contribution in [0.4, 0.5) is 4.79 Å². The Labute approximate surface area is 159 Å². The average Bonchev–Trinajstić information content (AvgIpc) is 2.97. The normalized spacial score (nSPS) is 16.3. The van der Waals surface area contributed by atoms with E-state index < -0.39 is 11.9 Å². The second kappa shape index (κ2) is 7.79. The molecule has 0 unspecified atom stereocenters. The van der Waals surface area contributed by atoms with Crippen molar-refractivity contribution in [2.75, 3.05) is 12.8 Å². The molecule has 7 nitrogen and oxygen atoms in total. The van der Waals surface area contributed by atoms with E-state index in [4.69, 9.17) is 0 Å². The third kappa shape index (κ3) is 3.64. The fraction of sp³-hybridized carbons (Fsp3) is 0.529. The van der Waals surface area contributed by atoms with Crippen LogP contribution in [0, 0.1) is 5.92 Å². The fourth-order valence-electron chi connectivity index (χ4n) is 3.15. The first-order valence-electron chi connectivity index (χ1n) is 8.64. The first kappa shape index (κ1) is 18.9. The lowest BCUT2D eigenvalue weighted by Gasteiger charge is -2.17. The summed E-state index contributed by atoms with van der Waals surface area (Å²) in [6.07, 6.45) is 3.03. The molecule has 0 saturated carbocycles. The van der Waals surface area contributed by atoms with Gasteiger partial charge in [-0.3, -0.25) is 19.5 Å². The van der Waals surface area contributed by atoms with Gasteiger partial charge in [0, 0.05) is 18.5 Å². The Kier molecular flexibility index (Phi) is 5.67. The summed E-state index contributed by atoms with van der Waals surface area (Å²) in [5, 5.41) is 5.81. The molecular weight excluding hydrogens is 372 g/mol. The molecule has 9 heteroatoms. The molecule has 0 aliphatic heterocycles. The Morgan fingerprint density at radius 1 is 1.42 bits per heavy atom. The number of fused-ring (bicyclic) bond motifs is 3. The maximum absolute atomic E-state index is 13.0. The number of nitrogens with zero attached hydrogens (tertiary/aromatic N) is 2. The van der Waals surface area contributed by atoms with Crippen molar-refractivity contribution in [1.29, 1.82) is 0 Å². The number of urea groups is 1. The minimum absolute atomic E-state index is 0.0213. The molecule has 140 valence electrons. The van der Waals surface area contributed by atoms with Crippen LogP contribution in [0.25, 0.3) is 10.2 Å². The molecule has 2 heterocycles. The van der Waals surface area contributed by atoms with Crippen LogP contribution in [0.5, 0.6) is 0 Å². The number of rotatable bonds is 4. The first-order valence-corrected chi connectivity index (χ1v) is 10.4. The van der Waals surface area contributed by atoms with Crippen LogP contribution in [0.15, 0.2) is 9.95 Å². The third-order valence-electron chi connectivity index (χ3n) is 4.51. The number of imide groups is 1. The van der Waals surface area contributed by atoms with E-state index in [2.05, 4.69) is 22.5 Å². The number of carbonyl (C=O) groups excluding carboxylic acids is 2. The summed E-state index contributed by atoms with van der Waals surface area (Å²) in [5.74, 6) is 0.227. The number of aryl methyl sites for hydroxylation is 1. The van der Waals surface area contributed by atoms with Gasteiger partial charge in [0.05, 0.1) is 11.1 Å². The summed E-state index contributed by atoms with van der Waals surface area (Å²) in [6.45, 7) is 4.62. The monoisotopic (exact) mass is 394 g/mol. The minimum atomic E-state index is -0.549. The quantitative estimate of drug-likeness (QED) is 0.612. The second-order valence-corrected chi connectivity index (χ2v) is 8.42. The summed E-state index contributed by atoms with van der Waals surface area (Å²) in [4.78, 5) is 42.7. The van der Waals surface area contributed by atoms with Crippen LogP contribution < -0.4 is 16.2 Å². The molecule has 0 spiro atoms. The van der Waals surface area contributed by atoms with Gasteiger partial charge in [0.25, 0.3) is 5.56 Å². The molecule has 1 aliphatic carbocycles. The number of aromatic nitrogens is 2. The molecule has 0 fully saturated rings. The maximum atomic E-state index is 13.0. The third-order valence-corrected chi connectivity index (χ3v) is 6.63. The SMILES string of the molecule is CCn1c(SCC(=O)NC(=O)NC)nc2sc3c(c2c1=O)CC[C@@H](C)C3. The van der Waals surface area contributed by atoms with Gasteiger partial charge in [-0.1, -0.05) is 18.7 Å². The number of hydrogen-bond acceptors (Lipinski definition) is 6. The lowest BCUT2D eigenvalue weighted by Crippen LogP contribution is -2.38. The highest BCUT2D eigenvalue weighted by Gasteiger charge is 2.24. The van der Waals surface area contributed by atoms with Crippen LogP contribution in [0.2, 0.25) is 0 Å². The number of amides is 3. The molecule has 26 heavy (non-hydrogen) atoms. The van der Waals surface area contributed by atoms with E-state index in [1.165, 1.54) is 23.7 Å². The van der Waals surface area contributed by atoms with Gasteiger partial charge in [-0.25, -0.2) is 9.78 Å². The fourth-order valence-corrected chi connectivity index (χ4v) is 5.44. The smallest absolute Gasteiger partial charge is 0.321 e. The molecule has 2 aromatic heterocycles. The summed E-state index contributed by atoms with van der Waals surface area (Å²) in [7, 11) is 1.44. The van der Waals surface area contributed by atoms with Gasteiger partial charge in [0.15, 0.2) is 5.16 Å². The van der Waals surface area contributed by atoms with Crippen molar-refractivity contribution in [3.63, 3.8) is 0 Å². The van der Waals surface area contributed by atoms with Crippen LogP contribution >= 0.6 is 23.1 Å². The zero-order valence-corrected chi connectivity index (χ0v) is 16.7. The van der Waals surface area contributed by atoms with Crippen molar-refractivity contribution in [2.45, 2.75) is 44.8 Å². The van der Waals surface area contributed by atoms with Crippen molar-refractivity contribution in [3.8, 4) is 0 Å². The second-order valence-electron chi connectivity index (χ2n) is 6.39. The van der Waals surface area contributed by atoms with Gasteiger partial charge in [0.2, 0.25) is 5.91 Å². The zero-order valence-electron chi connectivity index (χ0n) is 15.0. The molecule has 2 aromatic rings. The van der Waals surface area contributed by atoms with Crippen molar-refractivity contribution in [3.05, 3.63) is 20.8 Å². The van der Waals surface area contributed by atoms with Gasteiger partial charge in [-0.2, -0.15) is 0 Å². The summed E-state index contributed by atoms with van der Waals surface area (Å²) >= 11 is 2.77. The molecule has 0 aromatic carbocycles. The average molecular weight is 395 g/mol. The number of carbonyl (C=O) groups is 2. The lowest BCUT2D eigenvalue weighted by atomic mass is 9.89. The van der Waals surface area contributed by atoms with Crippen LogP contribution in [0.3, 0.4) is 0 Å². The first-order chi connectivity index (χ1) is 12.4. The summed E-state index contributed by atoms with van der Waals surface area (Å²) in [6, 6.07) is -0.549. The van der Waals surface area contributed by atoms with Gasteiger partial charge < -0.3 is 5.32 Å². The Bertz CT molecular complexity index is 919. The number of hydrogen-bond donors (Lipinski definition) is 2. The molecule has 2 N–H and O–H groups in total. The van der Waals surface area contributed by atoms with Crippen molar-refractivity contribution in [1.82, 2.24) is 20.2 Å². The number of nitrogens with one attached hydrogen (secondary N) is 2. The van der Waals surface area contributed by atoms with Gasteiger partial charge in [-0.15, -0.1) is 11.3 Å². The minimum Gasteiger partial charge on any atom is -0.341 e. The molecule has 0 radical (unpaired) electrons. The van der Waals surface area contributed by atoms with E-state index in [0.29, 0.717) is 17.6 Å². The number of thioether (sulfide) groups is 1. The van der Waals surface area contributed by atoms with Gasteiger partial charge >= 0.3 is 6.03 Å². The summed E-state index contributed by atoms with van der Waals surface area (Å²) < 4.78 is 1.62. The molecule has 3 amide bonds. The largest absolute Gasteiger partial charge is 0.341 e. The molecule has 1 aliphatic rings. The predicted octanol–water partition coefficient (Wildman–Crippen LogP) is 2.15. The van der Waals surface area contributed by atoms with Crippen molar-refractivity contribution in [2.24, 2.45) is 5.92 Å².